The van der Waals surface area contributed by atoms with Gasteiger partial charge in [0.05, 0.1) is 17.9 Å². The molecule has 2 fully saturated rings. The van der Waals surface area contributed by atoms with E-state index >= 15 is 0 Å². The molecule has 0 bridgehead atoms. The van der Waals surface area contributed by atoms with Crippen LogP contribution in [0.1, 0.15) is 43.0 Å². The van der Waals surface area contributed by atoms with Crippen molar-refractivity contribution in [2.75, 3.05) is 32.1 Å². The quantitative estimate of drug-likeness (QED) is 0.425. The van der Waals surface area contributed by atoms with Crippen molar-refractivity contribution in [1.29, 1.82) is 0 Å². The predicted octanol–water partition coefficient (Wildman–Crippen LogP) is 1.95. The van der Waals surface area contributed by atoms with Crippen molar-refractivity contribution in [3.8, 4) is 0 Å². The minimum atomic E-state index is -0.608. The van der Waals surface area contributed by atoms with Gasteiger partial charge >= 0.3 is 12.1 Å². The number of hydrogen-bond acceptors (Lipinski definition) is 7. The van der Waals surface area contributed by atoms with Gasteiger partial charge in [-0.1, -0.05) is 12.1 Å². The Labute approximate surface area is 191 Å². The Morgan fingerprint density at radius 3 is 2.31 bits per heavy atom. The molecule has 1 heterocycles. The minimum Gasteiger partial charge on any atom is -0.452 e. The van der Waals surface area contributed by atoms with E-state index in [9.17, 15) is 19.2 Å². The summed E-state index contributed by atoms with van der Waals surface area (Å²) in [6, 6.07) is 7.07. The van der Waals surface area contributed by atoms with Gasteiger partial charge in [0, 0.05) is 30.1 Å². The molecule has 0 unspecified atom stereocenters. The van der Waals surface area contributed by atoms with E-state index in [1.165, 1.54) is 11.8 Å². The highest BCUT2D eigenvalue weighted by molar-refractivity contribution is 8.00. The number of esters is 1. The average Bonchev–Trinajstić information content (AvgIpc) is 3.61. The molecule has 9 nitrogen and oxygen atoms in total. The Hall–Kier alpha value is -2.75. The molecule has 3 rings (SSSR count). The van der Waals surface area contributed by atoms with E-state index in [2.05, 4.69) is 10.6 Å². The van der Waals surface area contributed by atoms with Crippen LogP contribution in [0.25, 0.3) is 0 Å². The highest BCUT2D eigenvalue weighted by Crippen LogP contribution is 2.24. The van der Waals surface area contributed by atoms with Crippen LogP contribution in [0.15, 0.2) is 29.2 Å². The Kier molecular flexibility index (Phi) is 8.78. The summed E-state index contributed by atoms with van der Waals surface area (Å²) in [6.07, 6.45) is 2.92. The van der Waals surface area contributed by atoms with Crippen LogP contribution in [0.3, 0.4) is 0 Å². The lowest BCUT2D eigenvalue weighted by molar-refractivity contribution is -0.125. The zero-order chi connectivity index (χ0) is 22.9. The number of hydrogen-bond donors (Lipinski definition) is 2. The highest BCUT2D eigenvalue weighted by atomic mass is 32.2. The van der Waals surface area contributed by atoms with Crippen molar-refractivity contribution in [3.63, 3.8) is 0 Å². The molecular weight excluding hydrogens is 434 g/mol. The Bertz CT molecular complexity index is 837. The zero-order valence-corrected chi connectivity index (χ0v) is 18.9. The zero-order valence-electron chi connectivity index (χ0n) is 18.1. The summed E-state index contributed by atoms with van der Waals surface area (Å²) in [4.78, 5) is 50.6. The van der Waals surface area contributed by atoms with Gasteiger partial charge in [-0.15, -0.1) is 11.8 Å². The lowest BCUT2D eigenvalue weighted by Gasteiger charge is -2.31. The maximum absolute atomic E-state index is 12.5. The van der Waals surface area contributed by atoms with Gasteiger partial charge in [-0.05, 0) is 44.7 Å². The van der Waals surface area contributed by atoms with Gasteiger partial charge in [-0.2, -0.15) is 0 Å². The number of piperidine rings is 1. The van der Waals surface area contributed by atoms with E-state index in [1.54, 1.807) is 36.1 Å². The molecule has 1 aliphatic heterocycles. The van der Waals surface area contributed by atoms with Crippen molar-refractivity contribution < 1.29 is 28.7 Å². The highest BCUT2D eigenvalue weighted by Gasteiger charge is 2.25. The van der Waals surface area contributed by atoms with Crippen molar-refractivity contribution >= 4 is 35.6 Å². The van der Waals surface area contributed by atoms with Crippen LogP contribution in [0.5, 0.6) is 0 Å². The molecule has 0 radical (unpaired) electrons. The Balaban J connectivity index is 1.41. The van der Waals surface area contributed by atoms with Crippen LogP contribution in [-0.4, -0.2) is 72.9 Å². The number of likely N-dealkylation sites (tertiary alicyclic amines) is 1. The number of carbonyl (C=O) groups is 4. The predicted molar refractivity (Wildman–Crippen MR) is 118 cm³/mol. The second-order valence-electron chi connectivity index (χ2n) is 7.73. The molecule has 1 aromatic carbocycles. The third kappa shape index (κ3) is 7.44. The molecular formula is C22H29N3O6S. The standard InChI is InChI=1S/C22H29N3O6S/c1-2-30-22(29)25-11-9-16(10-12-25)23-19(26)13-31-21(28)17-5-3-4-6-18(17)32-14-20(27)24-15-7-8-15/h3-6,15-16H,2,7-14H2,1H3,(H,23,26)(H,24,27). The fourth-order valence-corrected chi connectivity index (χ4v) is 4.15. The first-order valence-electron chi connectivity index (χ1n) is 10.9. The number of amides is 3. The Morgan fingerprint density at radius 2 is 1.62 bits per heavy atom. The fourth-order valence-electron chi connectivity index (χ4n) is 3.30. The van der Waals surface area contributed by atoms with Gasteiger partial charge < -0.3 is 25.0 Å². The van der Waals surface area contributed by atoms with Gasteiger partial charge in [0.2, 0.25) is 5.91 Å². The van der Waals surface area contributed by atoms with Crippen LogP contribution < -0.4 is 10.6 Å². The van der Waals surface area contributed by atoms with Gasteiger partial charge in [0.15, 0.2) is 6.61 Å². The van der Waals surface area contributed by atoms with Crippen LogP contribution >= 0.6 is 11.8 Å². The maximum Gasteiger partial charge on any atom is 0.409 e. The molecule has 3 amide bonds. The van der Waals surface area contributed by atoms with E-state index in [0.29, 0.717) is 49.0 Å². The smallest absolute Gasteiger partial charge is 0.409 e. The summed E-state index contributed by atoms with van der Waals surface area (Å²) in [5, 5.41) is 5.75. The Morgan fingerprint density at radius 1 is 0.969 bits per heavy atom. The summed E-state index contributed by atoms with van der Waals surface area (Å²) in [5.41, 5.74) is 0.326. The van der Waals surface area contributed by atoms with Crippen molar-refractivity contribution in [1.82, 2.24) is 15.5 Å². The second-order valence-corrected chi connectivity index (χ2v) is 8.75. The van der Waals surface area contributed by atoms with E-state index in [1.807, 2.05) is 0 Å². The van der Waals surface area contributed by atoms with Crippen molar-refractivity contribution in [2.24, 2.45) is 0 Å². The number of nitrogens with zero attached hydrogens (tertiary/aromatic N) is 1. The molecule has 2 N–H and O–H groups in total. The fraction of sp³-hybridized carbons (Fsp3) is 0.545. The molecule has 1 aliphatic carbocycles. The molecule has 1 saturated heterocycles. The monoisotopic (exact) mass is 463 g/mol. The van der Waals surface area contributed by atoms with E-state index in [0.717, 1.165) is 12.8 Å². The van der Waals surface area contributed by atoms with Crippen LogP contribution in [0.2, 0.25) is 0 Å². The molecule has 10 heteroatoms. The molecule has 0 aromatic heterocycles. The first-order valence-corrected chi connectivity index (χ1v) is 11.8. The van der Waals surface area contributed by atoms with Gasteiger partial charge in [0.1, 0.15) is 0 Å². The van der Waals surface area contributed by atoms with E-state index in [4.69, 9.17) is 9.47 Å². The minimum absolute atomic E-state index is 0.0611. The van der Waals surface area contributed by atoms with Crippen molar-refractivity contribution in [2.45, 2.75) is 49.6 Å². The summed E-state index contributed by atoms with van der Waals surface area (Å²) >= 11 is 1.27. The second kappa shape index (κ2) is 11.8. The SMILES string of the molecule is CCOC(=O)N1CCC(NC(=O)COC(=O)c2ccccc2SCC(=O)NC2CC2)CC1. The van der Waals surface area contributed by atoms with E-state index < -0.39 is 12.6 Å². The third-order valence-corrected chi connectivity index (χ3v) is 6.20. The van der Waals surface area contributed by atoms with Gasteiger partial charge in [-0.3, -0.25) is 9.59 Å². The summed E-state index contributed by atoms with van der Waals surface area (Å²) in [7, 11) is 0. The van der Waals surface area contributed by atoms with Crippen LogP contribution in [0.4, 0.5) is 4.79 Å². The summed E-state index contributed by atoms with van der Waals surface area (Å²) < 4.78 is 10.2. The largest absolute Gasteiger partial charge is 0.452 e. The maximum atomic E-state index is 12.5. The van der Waals surface area contributed by atoms with Crippen LogP contribution in [-0.2, 0) is 19.1 Å². The lowest BCUT2D eigenvalue weighted by atomic mass is 10.1. The van der Waals surface area contributed by atoms with Gasteiger partial charge in [0.25, 0.3) is 5.91 Å². The molecule has 1 aromatic rings. The number of benzene rings is 1. The summed E-state index contributed by atoms with van der Waals surface area (Å²) in [5.74, 6) is -0.842. The molecule has 32 heavy (non-hydrogen) atoms. The third-order valence-electron chi connectivity index (χ3n) is 5.13. The number of ether oxygens (including phenoxy) is 2. The summed E-state index contributed by atoms with van der Waals surface area (Å²) in [6.45, 7) is 2.70. The molecule has 0 atom stereocenters. The van der Waals surface area contributed by atoms with Crippen molar-refractivity contribution in [3.05, 3.63) is 29.8 Å². The first-order chi connectivity index (χ1) is 15.5. The normalized spacial score (nSPS) is 16.2. The topological polar surface area (TPSA) is 114 Å². The lowest BCUT2D eigenvalue weighted by Crippen LogP contribution is -2.47. The number of nitrogens with one attached hydrogen (secondary N) is 2. The molecule has 0 spiro atoms. The molecule has 174 valence electrons. The first kappa shape index (κ1) is 23.9. The van der Waals surface area contributed by atoms with Crippen LogP contribution in [0, 0.1) is 0 Å². The average molecular weight is 464 g/mol. The van der Waals surface area contributed by atoms with E-state index in [-0.39, 0.29) is 29.7 Å². The number of thioether (sulfide) groups is 1. The molecule has 2 aliphatic rings. The van der Waals surface area contributed by atoms with Gasteiger partial charge in [-0.25, -0.2) is 9.59 Å². The number of carbonyl (C=O) groups excluding carboxylic acids is 4. The number of rotatable bonds is 9. The molecule has 1 saturated carbocycles.